The molecule has 3 aromatic rings. The normalized spacial score (nSPS) is 20.9. The highest BCUT2D eigenvalue weighted by molar-refractivity contribution is 5.98. The summed E-state index contributed by atoms with van der Waals surface area (Å²) in [4.78, 5) is 55.7. The molecule has 3 amide bonds. The summed E-state index contributed by atoms with van der Waals surface area (Å²) in [6.45, 7) is 12.7. The molecule has 0 unspecified atom stereocenters. The highest BCUT2D eigenvalue weighted by Crippen LogP contribution is 2.34. The summed E-state index contributed by atoms with van der Waals surface area (Å²) in [5.74, 6) is -0.163. The minimum Gasteiger partial charge on any atom is -0.368 e. The molecule has 0 radical (unpaired) electrons. The van der Waals surface area contributed by atoms with Crippen molar-refractivity contribution in [1.82, 2.24) is 30.0 Å². The van der Waals surface area contributed by atoms with E-state index >= 15 is 0 Å². The molecule has 3 aliphatic heterocycles. The molecule has 10 nitrogen and oxygen atoms in total. The molecule has 2 N–H and O–H groups in total. The third kappa shape index (κ3) is 5.72. The third-order valence-electron chi connectivity index (χ3n) is 9.11. The molecule has 0 saturated carbocycles. The van der Waals surface area contributed by atoms with Gasteiger partial charge in [0.15, 0.2) is 0 Å². The van der Waals surface area contributed by atoms with Crippen molar-refractivity contribution in [2.75, 3.05) is 57.3 Å². The molecule has 42 heavy (non-hydrogen) atoms. The third-order valence-corrected chi connectivity index (χ3v) is 9.11. The van der Waals surface area contributed by atoms with Gasteiger partial charge < -0.3 is 29.9 Å². The first-order valence-corrected chi connectivity index (χ1v) is 15.1. The number of likely N-dealkylation sites (tertiary alicyclic amines) is 2. The Balaban J connectivity index is 0.991. The van der Waals surface area contributed by atoms with Crippen LogP contribution in [0.15, 0.2) is 48.7 Å². The molecular weight excluding hydrogens is 530 g/mol. The zero-order valence-corrected chi connectivity index (χ0v) is 24.8. The quantitative estimate of drug-likeness (QED) is 0.431. The van der Waals surface area contributed by atoms with Crippen LogP contribution in [0.3, 0.4) is 0 Å². The Bertz CT molecular complexity index is 1430. The van der Waals surface area contributed by atoms with Crippen LogP contribution in [0.25, 0.3) is 10.9 Å². The number of H-pyrrole nitrogens is 1. The van der Waals surface area contributed by atoms with Crippen molar-refractivity contribution >= 4 is 34.3 Å². The van der Waals surface area contributed by atoms with Crippen LogP contribution in [0.1, 0.15) is 54.6 Å². The van der Waals surface area contributed by atoms with E-state index in [0.717, 1.165) is 55.7 Å². The maximum absolute atomic E-state index is 13.3. The van der Waals surface area contributed by atoms with Gasteiger partial charge in [0.05, 0.1) is 24.0 Å². The summed E-state index contributed by atoms with van der Waals surface area (Å²) in [6, 6.07) is 13.5. The number of fused-ring (bicyclic) bond motifs is 3. The number of para-hydroxylation sites is 1. The predicted molar refractivity (Wildman–Crippen MR) is 163 cm³/mol. The number of nitrogens with one attached hydrogen (secondary N) is 2. The van der Waals surface area contributed by atoms with Gasteiger partial charge in [0.25, 0.3) is 11.8 Å². The van der Waals surface area contributed by atoms with E-state index in [1.807, 2.05) is 72.3 Å². The lowest BCUT2D eigenvalue weighted by Crippen LogP contribution is -2.51. The Morgan fingerprint density at radius 1 is 1.00 bits per heavy atom. The zero-order chi connectivity index (χ0) is 29.4. The van der Waals surface area contributed by atoms with E-state index in [0.29, 0.717) is 37.4 Å². The second kappa shape index (κ2) is 11.4. The molecule has 2 atom stereocenters. The molecule has 1 aromatic carbocycles. The SMILES string of the molecule is CCN1CCN(c2ccc(C(=O)N3C[C@@H]4C[C@H]3CN4C(=O)CC(C)(C)CNC(=O)c3cc4ccccc4[nH]3)nc2)CC1. The van der Waals surface area contributed by atoms with E-state index in [1.165, 1.54) is 0 Å². The average molecular weight is 572 g/mol. The van der Waals surface area contributed by atoms with Gasteiger partial charge in [-0.3, -0.25) is 14.4 Å². The Morgan fingerprint density at radius 2 is 1.74 bits per heavy atom. The van der Waals surface area contributed by atoms with Crippen molar-refractivity contribution in [3.05, 3.63) is 60.0 Å². The van der Waals surface area contributed by atoms with Gasteiger partial charge >= 0.3 is 0 Å². The Hall–Kier alpha value is -3.92. The Kier molecular flexibility index (Phi) is 7.66. The van der Waals surface area contributed by atoms with E-state index in [9.17, 15) is 14.4 Å². The van der Waals surface area contributed by atoms with E-state index in [-0.39, 0.29) is 29.8 Å². The van der Waals surface area contributed by atoms with Crippen molar-refractivity contribution < 1.29 is 14.4 Å². The first kappa shape index (κ1) is 28.2. The fourth-order valence-electron chi connectivity index (χ4n) is 6.57. The summed E-state index contributed by atoms with van der Waals surface area (Å²) < 4.78 is 0. The molecule has 3 fully saturated rings. The van der Waals surface area contributed by atoms with Crippen LogP contribution in [-0.4, -0.2) is 107 Å². The standard InChI is InChI=1S/C32H41N7O3/c1-4-36-11-13-37(14-12-36)23-9-10-27(33-18-23)31(42)39-20-24-16-25(39)19-38(24)29(40)17-32(2,3)21-34-30(41)28-15-22-7-5-6-8-26(22)35-28/h5-10,15,18,24-25,35H,4,11-14,16-17,19-21H2,1-3H3,(H,34,41)/t24-,25-/m0/s1. The molecule has 3 saturated heterocycles. The zero-order valence-electron chi connectivity index (χ0n) is 24.8. The number of aromatic nitrogens is 2. The van der Waals surface area contributed by atoms with Crippen LogP contribution in [0, 0.1) is 5.41 Å². The molecule has 3 aliphatic rings. The number of pyridine rings is 1. The Morgan fingerprint density at radius 3 is 2.40 bits per heavy atom. The molecule has 0 aliphatic carbocycles. The molecule has 0 spiro atoms. The first-order valence-electron chi connectivity index (χ1n) is 15.1. The van der Waals surface area contributed by atoms with E-state index in [1.54, 1.807) is 0 Å². The summed E-state index contributed by atoms with van der Waals surface area (Å²) in [5, 5.41) is 3.98. The molecule has 2 bridgehead atoms. The molecule has 2 aromatic heterocycles. The fourth-order valence-corrected chi connectivity index (χ4v) is 6.57. The maximum atomic E-state index is 13.3. The molecular formula is C32H41N7O3. The average Bonchev–Trinajstić information content (AvgIpc) is 3.74. The highest BCUT2D eigenvalue weighted by Gasteiger charge is 2.47. The fraction of sp³-hybridized carbons (Fsp3) is 0.500. The number of hydrogen-bond acceptors (Lipinski definition) is 6. The van der Waals surface area contributed by atoms with Gasteiger partial charge in [-0.15, -0.1) is 0 Å². The number of carbonyl (C=O) groups excluding carboxylic acids is 3. The van der Waals surface area contributed by atoms with Gasteiger partial charge in [0.2, 0.25) is 5.91 Å². The minimum absolute atomic E-state index is 0.0138. The highest BCUT2D eigenvalue weighted by atomic mass is 16.2. The van der Waals surface area contributed by atoms with Crippen LogP contribution in [0.4, 0.5) is 5.69 Å². The van der Waals surface area contributed by atoms with E-state index < -0.39 is 5.41 Å². The number of anilines is 1. The van der Waals surface area contributed by atoms with Gasteiger partial charge in [-0.1, -0.05) is 39.0 Å². The van der Waals surface area contributed by atoms with Crippen LogP contribution in [-0.2, 0) is 4.79 Å². The largest absolute Gasteiger partial charge is 0.368 e. The monoisotopic (exact) mass is 571 g/mol. The summed E-state index contributed by atoms with van der Waals surface area (Å²) in [7, 11) is 0. The molecule has 6 rings (SSSR count). The minimum atomic E-state index is -0.412. The topological polar surface area (TPSA) is 105 Å². The number of benzene rings is 1. The number of hydrogen-bond donors (Lipinski definition) is 2. The molecule has 5 heterocycles. The predicted octanol–water partition coefficient (Wildman–Crippen LogP) is 2.98. The number of carbonyl (C=O) groups is 3. The number of aromatic amines is 1. The summed E-state index contributed by atoms with van der Waals surface area (Å²) in [5.41, 5.74) is 2.54. The smallest absolute Gasteiger partial charge is 0.272 e. The Labute approximate surface area is 247 Å². The number of piperazine rings is 2. The van der Waals surface area contributed by atoms with Crippen LogP contribution in [0.2, 0.25) is 0 Å². The number of likely N-dealkylation sites (N-methyl/N-ethyl adjacent to an activating group) is 1. The van der Waals surface area contributed by atoms with Gasteiger partial charge in [-0.05, 0) is 42.6 Å². The van der Waals surface area contributed by atoms with Gasteiger partial charge in [0.1, 0.15) is 11.4 Å². The van der Waals surface area contributed by atoms with Gasteiger partial charge in [0, 0.05) is 63.1 Å². The van der Waals surface area contributed by atoms with Crippen LogP contribution >= 0.6 is 0 Å². The van der Waals surface area contributed by atoms with Crippen LogP contribution in [0.5, 0.6) is 0 Å². The lowest BCUT2D eigenvalue weighted by Gasteiger charge is -2.36. The second-order valence-corrected chi connectivity index (χ2v) is 12.7. The summed E-state index contributed by atoms with van der Waals surface area (Å²) >= 11 is 0. The first-order chi connectivity index (χ1) is 20.2. The van der Waals surface area contributed by atoms with Crippen LogP contribution < -0.4 is 10.2 Å². The lowest BCUT2D eigenvalue weighted by molar-refractivity contribution is -0.135. The second-order valence-electron chi connectivity index (χ2n) is 12.7. The van der Waals surface area contributed by atoms with E-state index in [4.69, 9.17) is 0 Å². The van der Waals surface area contributed by atoms with Crippen molar-refractivity contribution in [1.29, 1.82) is 0 Å². The van der Waals surface area contributed by atoms with Gasteiger partial charge in [-0.25, -0.2) is 4.98 Å². The summed E-state index contributed by atoms with van der Waals surface area (Å²) in [6.07, 6.45) is 2.94. The van der Waals surface area contributed by atoms with Crippen molar-refractivity contribution in [3.63, 3.8) is 0 Å². The van der Waals surface area contributed by atoms with Gasteiger partial charge in [-0.2, -0.15) is 0 Å². The van der Waals surface area contributed by atoms with Crippen molar-refractivity contribution in [2.45, 2.75) is 45.7 Å². The van der Waals surface area contributed by atoms with Crippen molar-refractivity contribution in [3.8, 4) is 0 Å². The number of nitrogens with zero attached hydrogens (tertiary/aromatic N) is 5. The number of rotatable bonds is 8. The molecule has 10 heteroatoms. The maximum Gasteiger partial charge on any atom is 0.272 e. The molecule has 222 valence electrons. The lowest BCUT2D eigenvalue weighted by atomic mass is 9.88. The van der Waals surface area contributed by atoms with Crippen molar-refractivity contribution in [2.24, 2.45) is 5.41 Å². The van der Waals surface area contributed by atoms with E-state index in [2.05, 4.69) is 32.0 Å². The number of amides is 3.